The number of benzene rings is 2. The normalized spacial score (nSPS) is 17.2. The lowest BCUT2D eigenvalue weighted by Crippen LogP contribution is -2.28. The first kappa shape index (κ1) is 17.9. The number of aliphatic imine (C=N–C) groups is 1. The summed E-state index contributed by atoms with van der Waals surface area (Å²) in [5.41, 5.74) is 2.11. The summed E-state index contributed by atoms with van der Waals surface area (Å²) in [6, 6.07) is 16.5. The Morgan fingerprint density at radius 1 is 1.15 bits per heavy atom. The average molecular weight is 366 g/mol. The van der Waals surface area contributed by atoms with Gasteiger partial charge in [0.05, 0.1) is 23.3 Å². The highest BCUT2D eigenvalue weighted by Gasteiger charge is 2.32. The van der Waals surface area contributed by atoms with E-state index in [0.29, 0.717) is 27.9 Å². The molecule has 5 nitrogen and oxygen atoms in total. The van der Waals surface area contributed by atoms with Crippen molar-refractivity contribution in [2.45, 2.75) is 6.92 Å². The molecule has 2 aromatic carbocycles. The molecule has 1 fully saturated rings. The number of likely N-dealkylation sites (N-methyl/N-ethyl adjacent to an activating group) is 1. The van der Waals surface area contributed by atoms with E-state index in [0.717, 1.165) is 5.56 Å². The summed E-state index contributed by atoms with van der Waals surface area (Å²) in [7, 11) is 1.34. The van der Waals surface area contributed by atoms with Gasteiger partial charge in [0.25, 0.3) is 5.91 Å². The topological polar surface area (TPSA) is 59.0 Å². The molecule has 26 heavy (non-hydrogen) atoms. The molecule has 0 aromatic heterocycles. The van der Waals surface area contributed by atoms with Gasteiger partial charge in [-0.15, -0.1) is 0 Å². The predicted molar refractivity (Wildman–Crippen MR) is 104 cm³/mol. The molecule has 0 spiro atoms. The van der Waals surface area contributed by atoms with Crippen molar-refractivity contribution in [3.05, 3.63) is 70.6 Å². The zero-order valence-electron chi connectivity index (χ0n) is 14.5. The van der Waals surface area contributed by atoms with Gasteiger partial charge in [-0.2, -0.15) is 0 Å². The van der Waals surface area contributed by atoms with E-state index in [1.165, 1.54) is 18.9 Å². The van der Waals surface area contributed by atoms with Gasteiger partial charge in [0.2, 0.25) is 0 Å². The Bertz CT molecular complexity index is 874. The standard InChI is InChI=1S/C20H18N2O3S/c1-3-22-18(23)17(13-14-7-5-4-6-8-14)26-20(22)21-16-11-9-15(10-12-16)19(24)25-2/h4-13H,3H2,1-2H3/b17-13+,21-20?. The fraction of sp³-hybridized carbons (Fsp3) is 0.150. The molecule has 1 saturated heterocycles. The largest absolute Gasteiger partial charge is 0.465 e. The van der Waals surface area contributed by atoms with Crippen LogP contribution in [0.1, 0.15) is 22.8 Å². The Kier molecular flexibility index (Phi) is 5.53. The van der Waals surface area contributed by atoms with Gasteiger partial charge >= 0.3 is 5.97 Å². The maximum absolute atomic E-state index is 12.6. The van der Waals surface area contributed by atoms with E-state index in [9.17, 15) is 9.59 Å². The van der Waals surface area contributed by atoms with Crippen LogP contribution >= 0.6 is 11.8 Å². The van der Waals surface area contributed by atoms with Crippen molar-refractivity contribution >= 4 is 40.6 Å². The van der Waals surface area contributed by atoms with Crippen LogP contribution in [0.25, 0.3) is 6.08 Å². The van der Waals surface area contributed by atoms with Crippen molar-refractivity contribution in [3.63, 3.8) is 0 Å². The van der Waals surface area contributed by atoms with Crippen LogP contribution in [-0.4, -0.2) is 35.6 Å². The first-order chi connectivity index (χ1) is 12.6. The number of rotatable bonds is 4. The Balaban J connectivity index is 1.87. The van der Waals surface area contributed by atoms with Gasteiger partial charge in [-0.3, -0.25) is 9.69 Å². The number of hydrogen-bond acceptors (Lipinski definition) is 5. The molecule has 132 valence electrons. The van der Waals surface area contributed by atoms with Crippen LogP contribution in [0.2, 0.25) is 0 Å². The van der Waals surface area contributed by atoms with Crippen LogP contribution in [0, 0.1) is 0 Å². The number of esters is 1. The molecule has 1 aliphatic heterocycles. The molecule has 0 bridgehead atoms. The molecule has 1 aliphatic rings. The molecule has 1 heterocycles. The third kappa shape index (κ3) is 3.86. The molecule has 1 amide bonds. The van der Waals surface area contributed by atoms with Gasteiger partial charge in [0, 0.05) is 6.54 Å². The molecule has 2 aromatic rings. The maximum atomic E-state index is 12.6. The SMILES string of the molecule is CCN1C(=O)/C(=C\c2ccccc2)SC1=Nc1ccc(C(=O)OC)cc1. The minimum absolute atomic E-state index is 0.0497. The molecule has 6 heteroatoms. The summed E-state index contributed by atoms with van der Waals surface area (Å²) in [5.74, 6) is -0.441. The monoisotopic (exact) mass is 366 g/mol. The van der Waals surface area contributed by atoms with Crippen molar-refractivity contribution in [3.8, 4) is 0 Å². The van der Waals surface area contributed by atoms with Crippen LogP contribution in [0.4, 0.5) is 5.69 Å². The van der Waals surface area contributed by atoms with E-state index in [1.54, 1.807) is 29.2 Å². The molecule has 0 radical (unpaired) electrons. The fourth-order valence-electron chi connectivity index (χ4n) is 2.47. The van der Waals surface area contributed by atoms with Gasteiger partial charge in [-0.1, -0.05) is 30.3 Å². The van der Waals surface area contributed by atoms with E-state index in [4.69, 9.17) is 0 Å². The molecular weight excluding hydrogens is 348 g/mol. The number of nitrogens with zero attached hydrogens (tertiary/aromatic N) is 2. The van der Waals surface area contributed by atoms with Crippen molar-refractivity contribution in [1.29, 1.82) is 0 Å². The molecule has 0 saturated carbocycles. The molecule has 0 N–H and O–H groups in total. The molecule has 0 unspecified atom stereocenters. The quantitative estimate of drug-likeness (QED) is 0.604. The summed E-state index contributed by atoms with van der Waals surface area (Å²) in [5, 5.41) is 0.630. The Morgan fingerprint density at radius 3 is 2.46 bits per heavy atom. The number of amidine groups is 1. The number of methoxy groups -OCH3 is 1. The summed E-state index contributed by atoms with van der Waals surface area (Å²) in [6.07, 6.45) is 1.87. The lowest BCUT2D eigenvalue weighted by atomic mass is 10.2. The maximum Gasteiger partial charge on any atom is 0.337 e. The summed E-state index contributed by atoms with van der Waals surface area (Å²) >= 11 is 1.35. The molecule has 0 atom stereocenters. The van der Waals surface area contributed by atoms with Gasteiger partial charge in [0.15, 0.2) is 5.17 Å². The highest BCUT2D eigenvalue weighted by molar-refractivity contribution is 8.18. The number of carbonyl (C=O) groups is 2. The first-order valence-electron chi connectivity index (χ1n) is 8.16. The number of hydrogen-bond donors (Lipinski definition) is 0. The summed E-state index contributed by atoms with van der Waals surface area (Å²) in [6.45, 7) is 2.46. The summed E-state index contributed by atoms with van der Waals surface area (Å²) < 4.78 is 4.69. The van der Waals surface area contributed by atoms with Crippen LogP contribution < -0.4 is 0 Å². The zero-order valence-corrected chi connectivity index (χ0v) is 15.3. The molecule has 3 rings (SSSR count). The number of thioether (sulfide) groups is 1. The number of carbonyl (C=O) groups excluding carboxylic acids is 2. The average Bonchev–Trinajstić information content (AvgIpc) is 2.96. The van der Waals surface area contributed by atoms with E-state index < -0.39 is 5.97 Å². The second-order valence-corrected chi connectivity index (χ2v) is 6.51. The van der Waals surface area contributed by atoms with Gasteiger partial charge < -0.3 is 4.74 Å². The van der Waals surface area contributed by atoms with Crippen LogP contribution in [0.5, 0.6) is 0 Å². The third-order valence-corrected chi connectivity index (χ3v) is 4.82. The van der Waals surface area contributed by atoms with Gasteiger partial charge in [-0.25, -0.2) is 9.79 Å². The Morgan fingerprint density at radius 2 is 1.85 bits per heavy atom. The molecular formula is C20H18N2O3S. The number of amides is 1. The van der Waals surface area contributed by atoms with Crippen LogP contribution in [-0.2, 0) is 9.53 Å². The lowest BCUT2D eigenvalue weighted by molar-refractivity contribution is -0.122. The molecule has 0 aliphatic carbocycles. The zero-order chi connectivity index (χ0) is 18.5. The first-order valence-corrected chi connectivity index (χ1v) is 8.97. The van der Waals surface area contributed by atoms with E-state index >= 15 is 0 Å². The highest BCUT2D eigenvalue weighted by atomic mass is 32.2. The minimum Gasteiger partial charge on any atom is -0.465 e. The minimum atomic E-state index is -0.391. The second-order valence-electron chi connectivity index (χ2n) is 5.50. The predicted octanol–water partition coefficient (Wildman–Crippen LogP) is 4.10. The van der Waals surface area contributed by atoms with Crippen molar-refractivity contribution in [2.75, 3.05) is 13.7 Å². The van der Waals surface area contributed by atoms with E-state index in [2.05, 4.69) is 9.73 Å². The smallest absolute Gasteiger partial charge is 0.337 e. The fourth-order valence-corrected chi connectivity index (χ4v) is 3.53. The highest BCUT2D eigenvalue weighted by Crippen LogP contribution is 2.33. The van der Waals surface area contributed by atoms with Crippen LogP contribution in [0.15, 0.2) is 64.5 Å². The van der Waals surface area contributed by atoms with E-state index in [-0.39, 0.29) is 5.91 Å². The lowest BCUT2D eigenvalue weighted by Gasteiger charge is -2.12. The van der Waals surface area contributed by atoms with Gasteiger partial charge in [0.1, 0.15) is 0 Å². The van der Waals surface area contributed by atoms with Crippen molar-refractivity contribution < 1.29 is 14.3 Å². The third-order valence-electron chi connectivity index (χ3n) is 3.81. The summed E-state index contributed by atoms with van der Waals surface area (Å²) in [4.78, 5) is 31.0. The Labute approximate surface area is 156 Å². The van der Waals surface area contributed by atoms with Crippen molar-refractivity contribution in [1.82, 2.24) is 4.90 Å². The Hall–Kier alpha value is -2.86. The van der Waals surface area contributed by atoms with Crippen molar-refractivity contribution in [2.24, 2.45) is 4.99 Å². The van der Waals surface area contributed by atoms with Crippen LogP contribution in [0.3, 0.4) is 0 Å². The number of ether oxygens (including phenoxy) is 1. The second kappa shape index (κ2) is 8.01. The van der Waals surface area contributed by atoms with Gasteiger partial charge in [-0.05, 0) is 54.6 Å². The van der Waals surface area contributed by atoms with E-state index in [1.807, 2.05) is 43.3 Å².